The minimum absolute atomic E-state index is 0.0846. The molecule has 1 aromatic carbocycles. The highest BCUT2D eigenvalue weighted by molar-refractivity contribution is 7.99. The molecule has 2 heterocycles. The van der Waals surface area contributed by atoms with Gasteiger partial charge in [0.2, 0.25) is 0 Å². The molecule has 1 aliphatic heterocycles. The van der Waals surface area contributed by atoms with Gasteiger partial charge in [0.15, 0.2) is 0 Å². The molecule has 1 amide bonds. The maximum atomic E-state index is 12.5. The highest BCUT2D eigenvalue weighted by Gasteiger charge is 2.31. The quantitative estimate of drug-likeness (QED) is 0.841. The van der Waals surface area contributed by atoms with Crippen LogP contribution in [0.1, 0.15) is 21.3 Å². The van der Waals surface area contributed by atoms with Crippen LogP contribution in [-0.4, -0.2) is 28.1 Å². The van der Waals surface area contributed by atoms with Crippen LogP contribution in [-0.2, 0) is 0 Å². The molecule has 0 N–H and O–H groups in total. The molecular formula is C15H14N2OS. The van der Waals surface area contributed by atoms with E-state index in [0.29, 0.717) is 0 Å². The molecule has 1 atom stereocenters. The second kappa shape index (κ2) is 5.45. The number of benzene rings is 1. The molecule has 2 aromatic rings. The molecular weight excluding hydrogens is 256 g/mol. The summed E-state index contributed by atoms with van der Waals surface area (Å²) in [4.78, 5) is 18.6. The van der Waals surface area contributed by atoms with Crippen LogP contribution in [0.2, 0.25) is 0 Å². The van der Waals surface area contributed by atoms with Crippen LogP contribution in [0.5, 0.6) is 0 Å². The largest absolute Gasteiger partial charge is 0.322 e. The zero-order valence-electron chi connectivity index (χ0n) is 10.4. The third-order valence-electron chi connectivity index (χ3n) is 3.14. The summed E-state index contributed by atoms with van der Waals surface area (Å²) in [6.07, 6.45) is 3.60. The van der Waals surface area contributed by atoms with Crippen molar-refractivity contribution in [3.63, 3.8) is 0 Å². The van der Waals surface area contributed by atoms with E-state index in [1.807, 2.05) is 53.6 Å². The van der Waals surface area contributed by atoms with E-state index in [9.17, 15) is 4.79 Å². The first-order valence-corrected chi connectivity index (χ1v) is 7.29. The zero-order chi connectivity index (χ0) is 13.1. The van der Waals surface area contributed by atoms with Crippen molar-refractivity contribution >= 4 is 17.7 Å². The van der Waals surface area contributed by atoms with Crippen LogP contribution in [0.25, 0.3) is 0 Å². The zero-order valence-corrected chi connectivity index (χ0v) is 11.2. The normalized spacial score (nSPS) is 18.5. The Morgan fingerprint density at radius 1 is 1.21 bits per heavy atom. The molecule has 4 heteroatoms. The number of hydrogen-bond acceptors (Lipinski definition) is 3. The highest BCUT2D eigenvalue weighted by Crippen LogP contribution is 2.38. The molecule has 1 aromatic heterocycles. The Labute approximate surface area is 116 Å². The van der Waals surface area contributed by atoms with Crippen molar-refractivity contribution in [3.05, 3.63) is 66.0 Å². The Hall–Kier alpha value is -1.81. The van der Waals surface area contributed by atoms with Crippen molar-refractivity contribution in [3.8, 4) is 0 Å². The highest BCUT2D eigenvalue weighted by atomic mass is 32.2. The fraction of sp³-hybridized carbons (Fsp3) is 0.200. The lowest BCUT2D eigenvalue weighted by Crippen LogP contribution is -2.30. The second-order valence-electron chi connectivity index (χ2n) is 4.37. The van der Waals surface area contributed by atoms with E-state index in [4.69, 9.17) is 0 Å². The molecule has 0 spiro atoms. The van der Waals surface area contributed by atoms with Crippen LogP contribution >= 0.6 is 11.8 Å². The Morgan fingerprint density at radius 3 is 2.79 bits per heavy atom. The summed E-state index contributed by atoms with van der Waals surface area (Å²) < 4.78 is 0. The average molecular weight is 270 g/mol. The molecule has 3 nitrogen and oxygen atoms in total. The van der Waals surface area contributed by atoms with Gasteiger partial charge in [-0.3, -0.25) is 9.78 Å². The van der Waals surface area contributed by atoms with Gasteiger partial charge in [0.1, 0.15) is 5.37 Å². The predicted octanol–water partition coefficient (Wildman–Crippen LogP) is 2.97. The number of pyridine rings is 1. The number of nitrogens with zero attached hydrogens (tertiary/aromatic N) is 2. The number of rotatable bonds is 2. The van der Waals surface area contributed by atoms with Crippen LogP contribution in [0, 0.1) is 0 Å². The van der Waals surface area contributed by atoms with Crippen LogP contribution < -0.4 is 0 Å². The van der Waals surface area contributed by atoms with E-state index in [1.165, 1.54) is 0 Å². The lowest BCUT2D eigenvalue weighted by molar-refractivity contribution is 0.0760. The lowest BCUT2D eigenvalue weighted by Gasteiger charge is -2.23. The monoisotopic (exact) mass is 270 g/mol. The lowest BCUT2D eigenvalue weighted by atomic mass is 10.2. The summed E-state index contributed by atoms with van der Waals surface area (Å²) in [5.41, 5.74) is 1.84. The number of carbonyl (C=O) groups excluding carboxylic acids is 1. The third-order valence-corrected chi connectivity index (χ3v) is 4.40. The third kappa shape index (κ3) is 2.49. The Morgan fingerprint density at radius 2 is 2.05 bits per heavy atom. The molecule has 1 fully saturated rings. The summed E-state index contributed by atoms with van der Waals surface area (Å²) in [6, 6.07) is 13.4. The smallest absolute Gasteiger partial charge is 0.255 e. The first kappa shape index (κ1) is 12.2. The number of thioether (sulfide) groups is 1. The Kier molecular flexibility index (Phi) is 3.51. The van der Waals surface area contributed by atoms with Gasteiger partial charge >= 0.3 is 0 Å². The Balaban J connectivity index is 1.86. The molecule has 0 radical (unpaired) electrons. The SMILES string of the molecule is O=C(c1ccccc1)N1CCSC1c1cccnc1. The van der Waals surface area contributed by atoms with Crippen LogP contribution in [0.3, 0.4) is 0 Å². The molecule has 3 rings (SSSR count). The Bertz CT molecular complexity index is 559. The summed E-state index contributed by atoms with van der Waals surface area (Å²) in [5.74, 6) is 1.07. The molecule has 1 aliphatic rings. The van der Waals surface area contributed by atoms with Gasteiger partial charge in [-0.25, -0.2) is 0 Å². The van der Waals surface area contributed by atoms with E-state index in [2.05, 4.69) is 4.98 Å². The molecule has 1 saturated heterocycles. The van der Waals surface area contributed by atoms with Gasteiger partial charge in [-0.05, 0) is 18.2 Å². The van der Waals surface area contributed by atoms with Crippen molar-refractivity contribution in [1.29, 1.82) is 0 Å². The number of hydrogen-bond donors (Lipinski definition) is 0. The maximum absolute atomic E-state index is 12.5. The molecule has 0 saturated carbocycles. The second-order valence-corrected chi connectivity index (χ2v) is 5.56. The molecule has 1 unspecified atom stereocenters. The summed E-state index contributed by atoms with van der Waals surface area (Å²) in [7, 11) is 0. The van der Waals surface area contributed by atoms with Gasteiger partial charge in [-0.1, -0.05) is 24.3 Å². The number of amides is 1. The van der Waals surface area contributed by atoms with E-state index < -0.39 is 0 Å². The van der Waals surface area contributed by atoms with Crippen LogP contribution in [0.4, 0.5) is 0 Å². The van der Waals surface area contributed by atoms with Gasteiger partial charge in [0.25, 0.3) is 5.91 Å². The van der Waals surface area contributed by atoms with Gasteiger partial charge in [0, 0.05) is 35.8 Å². The van der Waals surface area contributed by atoms with E-state index in [-0.39, 0.29) is 11.3 Å². The maximum Gasteiger partial charge on any atom is 0.255 e. The predicted molar refractivity (Wildman–Crippen MR) is 76.9 cm³/mol. The van der Waals surface area contributed by atoms with Crippen molar-refractivity contribution < 1.29 is 4.79 Å². The van der Waals surface area contributed by atoms with Gasteiger partial charge in [-0.2, -0.15) is 0 Å². The fourth-order valence-electron chi connectivity index (χ4n) is 2.22. The standard InChI is InChI=1S/C15H14N2OS/c18-14(12-5-2-1-3-6-12)17-9-10-19-15(17)13-7-4-8-16-11-13/h1-8,11,15H,9-10H2. The summed E-state index contributed by atoms with van der Waals surface area (Å²) >= 11 is 1.79. The van der Waals surface area contributed by atoms with Crippen LogP contribution in [0.15, 0.2) is 54.9 Å². The van der Waals surface area contributed by atoms with Crippen molar-refractivity contribution in [2.75, 3.05) is 12.3 Å². The van der Waals surface area contributed by atoms with E-state index >= 15 is 0 Å². The minimum atomic E-state index is 0.0846. The van der Waals surface area contributed by atoms with Gasteiger partial charge in [-0.15, -0.1) is 11.8 Å². The van der Waals surface area contributed by atoms with E-state index in [0.717, 1.165) is 23.4 Å². The van der Waals surface area contributed by atoms with E-state index in [1.54, 1.807) is 18.0 Å². The molecule has 96 valence electrons. The minimum Gasteiger partial charge on any atom is -0.322 e. The van der Waals surface area contributed by atoms with Crippen molar-refractivity contribution in [2.45, 2.75) is 5.37 Å². The molecule has 0 aliphatic carbocycles. The molecule has 19 heavy (non-hydrogen) atoms. The average Bonchev–Trinajstić information content (AvgIpc) is 2.98. The number of aromatic nitrogens is 1. The van der Waals surface area contributed by atoms with Crippen molar-refractivity contribution in [2.24, 2.45) is 0 Å². The topological polar surface area (TPSA) is 33.2 Å². The van der Waals surface area contributed by atoms with Gasteiger partial charge in [0.05, 0.1) is 0 Å². The van der Waals surface area contributed by atoms with Gasteiger partial charge < -0.3 is 4.90 Å². The molecule has 0 bridgehead atoms. The number of carbonyl (C=O) groups is 1. The summed E-state index contributed by atoms with van der Waals surface area (Å²) in [5, 5.41) is 0.0846. The first-order chi connectivity index (χ1) is 9.36. The summed E-state index contributed by atoms with van der Waals surface area (Å²) in [6.45, 7) is 0.790. The first-order valence-electron chi connectivity index (χ1n) is 6.24. The fourth-order valence-corrected chi connectivity index (χ4v) is 3.46. The van der Waals surface area contributed by atoms with Crippen molar-refractivity contribution in [1.82, 2.24) is 9.88 Å².